The molecular formula is C14H21NO4. The number of benzene rings is 1. The highest BCUT2D eigenvalue weighted by atomic mass is 16.5. The summed E-state index contributed by atoms with van der Waals surface area (Å²) in [6, 6.07) is 7.07. The Hall–Kier alpha value is -1.75. The van der Waals surface area contributed by atoms with Crippen molar-refractivity contribution >= 4 is 5.91 Å². The van der Waals surface area contributed by atoms with Crippen molar-refractivity contribution in [2.24, 2.45) is 0 Å². The first kappa shape index (κ1) is 15.3. The van der Waals surface area contributed by atoms with Gasteiger partial charge in [0, 0.05) is 13.2 Å². The summed E-state index contributed by atoms with van der Waals surface area (Å²) < 4.78 is 10.4. The van der Waals surface area contributed by atoms with Crippen molar-refractivity contribution < 1.29 is 19.4 Å². The minimum absolute atomic E-state index is 0.00628. The van der Waals surface area contributed by atoms with E-state index in [2.05, 4.69) is 5.32 Å². The van der Waals surface area contributed by atoms with Crippen LogP contribution in [0.5, 0.6) is 11.5 Å². The lowest BCUT2D eigenvalue weighted by atomic mass is 10.2. The van der Waals surface area contributed by atoms with Gasteiger partial charge in [0.15, 0.2) is 6.61 Å². The molecule has 0 spiro atoms. The number of hydrogen-bond acceptors (Lipinski definition) is 4. The topological polar surface area (TPSA) is 67.8 Å². The largest absolute Gasteiger partial charge is 0.497 e. The van der Waals surface area contributed by atoms with Crippen molar-refractivity contribution in [3.8, 4) is 11.5 Å². The van der Waals surface area contributed by atoms with Crippen LogP contribution in [0.2, 0.25) is 0 Å². The molecule has 0 unspecified atom stereocenters. The number of carbonyl (C=O) groups excluding carboxylic acids is 1. The van der Waals surface area contributed by atoms with Crippen LogP contribution in [0.3, 0.4) is 0 Å². The normalized spacial score (nSPS) is 10.0. The number of methoxy groups -OCH3 is 1. The Morgan fingerprint density at radius 3 is 2.47 bits per heavy atom. The summed E-state index contributed by atoms with van der Waals surface area (Å²) in [4.78, 5) is 11.5. The zero-order valence-electron chi connectivity index (χ0n) is 11.2. The molecule has 0 aliphatic carbocycles. The van der Waals surface area contributed by atoms with Gasteiger partial charge in [0.2, 0.25) is 0 Å². The van der Waals surface area contributed by atoms with Crippen molar-refractivity contribution in [3.63, 3.8) is 0 Å². The standard InChI is InChI=1S/C14H21NO4/c1-18-12-5-7-13(8-6-12)19-11-14(17)15-9-3-2-4-10-16/h5-8,16H,2-4,9-11H2,1H3,(H,15,17). The number of carbonyl (C=O) groups is 1. The first-order chi connectivity index (χ1) is 9.26. The Bertz CT molecular complexity index is 364. The highest BCUT2D eigenvalue weighted by Crippen LogP contribution is 2.16. The van der Waals surface area contributed by atoms with Gasteiger partial charge >= 0.3 is 0 Å². The smallest absolute Gasteiger partial charge is 0.257 e. The Kier molecular flexibility index (Phi) is 7.43. The Morgan fingerprint density at radius 1 is 1.16 bits per heavy atom. The van der Waals surface area contributed by atoms with Crippen LogP contribution in [0.15, 0.2) is 24.3 Å². The highest BCUT2D eigenvalue weighted by Gasteiger charge is 2.02. The molecule has 1 aromatic carbocycles. The van der Waals surface area contributed by atoms with Gasteiger partial charge in [-0.25, -0.2) is 0 Å². The molecule has 0 atom stereocenters. The molecule has 1 aromatic rings. The van der Waals surface area contributed by atoms with Crippen LogP contribution in [0.1, 0.15) is 19.3 Å². The summed E-state index contributed by atoms with van der Waals surface area (Å²) in [6.45, 7) is 0.825. The maximum absolute atomic E-state index is 11.5. The van der Waals surface area contributed by atoms with Crippen LogP contribution >= 0.6 is 0 Å². The van der Waals surface area contributed by atoms with Gasteiger partial charge in [-0.2, -0.15) is 0 Å². The Balaban J connectivity index is 2.15. The minimum atomic E-state index is -0.139. The first-order valence-corrected chi connectivity index (χ1v) is 6.40. The van der Waals surface area contributed by atoms with Gasteiger partial charge in [-0.05, 0) is 43.5 Å². The molecule has 106 valence electrons. The van der Waals surface area contributed by atoms with Crippen molar-refractivity contribution in [1.82, 2.24) is 5.32 Å². The number of aliphatic hydroxyl groups excluding tert-OH is 1. The lowest BCUT2D eigenvalue weighted by Crippen LogP contribution is -2.29. The fourth-order valence-corrected chi connectivity index (χ4v) is 1.51. The lowest BCUT2D eigenvalue weighted by Gasteiger charge is -2.08. The van der Waals surface area contributed by atoms with E-state index in [1.807, 2.05) is 0 Å². The van der Waals surface area contributed by atoms with Gasteiger partial charge < -0.3 is 19.9 Å². The molecule has 0 bridgehead atoms. The maximum Gasteiger partial charge on any atom is 0.257 e. The SMILES string of the molecule is COc1ccc(OCC(=O)NCCCCCO)cc1. The zero-order valence-corrected chi connectivity index (χ0v) is 11.2. The fraction of sp³-hybridized carbons (Fsp3) is 0.500. The van der Waals surface area contributed by atoms with E-state index in [1.54, 1.807) is 31.4 Å². The van der Waals surface area contributed by atoms with Crippen molar-refractivity contribution in [3.05, 3.63) is 24.3 Å². The molecule has 5 nitrogen and oxygen atoms in total. The maximum atomic E-state index is 11.5. The highest BCUT2D eigenvalue weighted by molar-refractivity contribution is 5.77. The van der Waals surface area contributed by atoms with Crippen LogP contribution < -0.4 is 14.8 Å². The van der Waals surface area contributed by atoms with E-state index in [0.717, 1.165) is 25.0 Å². The minimum Gasteiger partial charge on any atom is -0.497 e. The Morgan fingerprint density at radius 2 is 1.84 bits per heavy atom. The van der Waals surface area contributed by atoms with Crippen molar-refractivity contribution in [1.29, 1.82) is 0 Å². The third kappa shape index (κ3) is 6.67. The summed E-state index contributed by atoms with van der Waals surface area (Å²) in [5.74, 6) is 1.25. The van der Waals surface area contributed by atoms with E-state index >= 15 is 0 Å². The van der Waals surface area contributed by atoms with E-state index < -0.39 is 0 Å². The molecule has 2 N–H and O–H groups in total. The zero-order chi connectivity index (χ0) is 13.9. The average Bonchev–Trinajstić information content (AvgIpc) is 2.45. The molecule has 0 heterocycles. The van der Waals surface area contributed by atoms with Gasteiger partial charge in [0.1, 0.15) is 11.5 Å². The van der Waals surface area contributed by atoms with E-state index in [9.17, 15) is 4.79 Å². The molecule has 1 amide bonds. The summed E-state index contributed by atoms with van der Waals surface area (Å²) >= 11 is 0. The molecule has 0 saturated carbocycles. The second-order valence-electron chi connectivity index (χ2n) is 4.10. The van der Waals surface area contributed by atoms with Crippen LogP contribution in [-0.4, -0.2) is 37.9 Å². The number of hydrogen-bond donors (Lipinski definition) is 2. The van der Waals surface area contributed by atoms with E-state index in [0.29, 0.717) is 12.3 Å². The molecule has 0 saturated heterocycles. The fourth-order valence-electron chi connectivity index (χ4n) is 1.51. The van der Waals surface area contributed by atoms with E-state index in [1.165, 1.54) is 0 Å². The van der Waals surface area contributed by atoms with Crippen molar-refractivity contribution in [2.45, 2.75) is 19.3 Å². The second kappa shape index (κ2) is 9.22. The summed E-state index contributed by atoms with van der Waals surface area (Å²) in [7, 11) is 1.60. The van der Waals surface area contributed by atoms with E-state index in [4.69, 9.17) is 14.6 Å². The molecule has 0 aliphatic rings. The monoisotopic (exact) mass is 267 g/mol. The quantitative estimate of drug-likeness (QED) is 0.663. The summed E-state index contributed by atoms with van der Waals surface area (Å²) in [5, 5.41) is 11.4. The third-order valence-corrected chi connectivity index (χ3v) is 2.59. The summed E-state index contributed by atoms with van der Waals surface area (Å²) in [6.07, 6.45) is 2.56. The molecule has 1 rings (SSSR count). The number of aliphatic hydroxyl groups is 1. The van der Waals surface area contributed by atoms with Gasteiger partial charge in [0.05, 0.1) is 7.11 Å². The molecule has 0 aliphatic heterocycles. The van der Waals surface area contributed by atoms with Gasteiger partial charge in [-0.3, -0.25) is 4.79 Å². The van der Waals surface area contributed by atoms with Crippen LogP contribution in [0.4, 0.5) is 0 Å². The number of ether oxygens (including phenoxy) is 2. The van der Waals surface area contributed by atoms with E-state index in [-0.39, 0.29) is 19.1 Å². The molecule has 19 heavy (non-hydrogen) atoms. The second-order valence-corrected chi connectivity index (χ2v) is 4.10. The van der Waals surface area contributed by atoms with Crippen LogP contribution in [-0.2, 0) is 4.79 Å². The number of amides is 1. The molecular weight excluding hydrogens is 246 g/mol. The molecule has 0 fully saturated rings. The molecule has 0 aromatic heterocycles. The summed E-state index contributed by atoms with van der Waals surface area (Å²) in [5.41, 5.74) is 0. The third-order valence-electron chi connectivity index (χ3n) is 2.59. The lowest BCUT2D eigenvalue weighted by molar-refractivity contribution is -0.123. The predicted molar refractivity (Wildman–Crippen MR) is 72.4 cm³/mol. The molecule has 0 radical (unpaired) electrons. The van der Waals surface area contributed by atoms with Gasteiger partial charge in [-0.15, -0.1) is 0 Å². The van der Waals surface area contributed by atoms with Gasteiger partial charge in [0.25, 0.3) is 5.91 Å². The van der Waals surface area contributed by atoms with Crippen LogP contribution in [0.25, 0.3) is 0 Å². The predicted octanol–water partition coefficient (Wildman–Crippen LogP) is 1.35. The number of nitrogens with one attached hydrogen (secondary N) is 1. The van der Waals surface area contributed by atoms with Crippen LogP contribution in [0, 0.1) is 0 Å². The number of unbranched alkanes of at least 4 members (excludes halogenated alkanes) is 2. The molecule has 5 heteroatoms. The first-order valence-electron chi connectivity index (χ1n) is 6.40. The number of rotatable bonds is 9. The van der Waals surface area contributed by atoms with Crippen molar-refractivity contribution in [2.75, 3.05) is 26.9 Å². The average molecular weight is 267 g/mol. The van der Waals surface area contributed by atoms with Gasteiger partial charge in [-0.1, -0.05) is 0 Å². The Labute approximate surface area is 113 Å².